The third-order valence-electron chi connectivity index (χ3n) is 9.34. The van der Waals surface area contributed by atoms with Crippen LogP contribution in [0, 0.1) is 11.8 Å². The van der Waals surface area contributed by atoms with E-state index in [1.807, 2.05) is 0 Å². The third-order valence-corrected chi connectivity index (χ3v) is 9.34. The number of epoxide rings is 1. The van der Waals surface area contributed by atoms with E-state index in [2.05, 4.69) is 0 Å². The number of esters is 1. The van der Waals surface area contributed by atoms with Crippen molar-refractivity contribution in [3.05, 3.63) is 42.2 Å². The summed E-state index contributed by atoms with van der Waals surface area (Å²) in [6.07, 6.45) is -12.9. The smallest absolute Gasteiger partial charge is 0.331 e. The SMILES string of the molecule is O=C(/C=C/c1ccc(O[C@@H]2O[C@H](CO)[C@@H](O)[C@H](O)[C@H]2O)c(O)c1)O[C@H]1[C@H]2C=CO[C@@H](O[C@@H]3O[C@H](CO)[C@@H](O)[C@H](O)[C@H]3O)[C@@H]2[C@@]2(CO)O[C@@H]12. The minimum atomic E-state index is -1.70. The van der Waals surface area contributed by atoms with Crippen molar-refractivity contribution < 1.29 is 89.0 Å². The molecule has 1 aromatic rings. The molecule has 18 heteroatoms. The highest BCUT2D eigenvalue weighted by atomic mass is 16.8. The third kappa shape index (κ3) is 6.17. The number of phenols is 1. The average molecular weight is 687 g/mol. The van der Waals surface area contributed by atoms with Crippen LogP contribution in [0.2, 0.25) is 0 Å². The molecule has 0 radical (unpaired) electrons. The van der Waals surface area contributed by atoms with Crippen molar-refractivity contribution in [2.45, 2.75) is 85.5 Å². The fourth-order valence-electron chi connectivity index (χ4n) is 6.65. The first kappa shape index (κ1) is 34.9. The van der Waals surface area contributed by atoms with E-state index >= 15 is 0 Å². The molecule has 6 rings (SSSR count). The number of ether oxygens (including phenoxy) is 7. The highest BCUT2D eigenvalue weighted by Gasteiger charge is 2.77. The van der Waals surface area contributed by atoms with E-state index in [0.29, 0.717) is 5.56 Å². The fourth-order valence-corrected chi connectivity index (χ4v) is 6.65. The molecule has 48 heavy (non-hydrogen) atoms. The van der Waals surface area contributed by atoms with Gasteiger partial charge >= 0.3 is 5.97 Å². The zero-order chi connectivity index (χ0) is 34.5. The summed E-state index contributed by atoms with van der Waals surface area (Å²) in [4.78, 5) is 12.9. The summed E-state index contributed by atoms with van der Waals surface area (Å²) in [5.41, 5.74) is -0.896. The van der Waals surface area contributed by atoms with E-state index in [1.54, 1.807) is 6.08 Å². The predicted octanol–water partition coefficient (Wildman–Crippen LogP) is -4.44. The van der Waals surface area contributed by atoms with Crippen LogP contribution in [-0.2, 0) is 33.2 Å². The zero-order valence-corrected chi connectivity index (χ0v) is 25.1. The number of aromatic hydroxyl groups is 1. The lowest BCUT2D eigenvalue weighted by molar-refractivity contribution is -0.344. The van der Waals surface area contributed by atoms with Gasteiger partial charge in [-0.1, -0.05) is 6.07 Å². The van der Waals surface area contributed by atoms with Gasteiger partial charge in [-0.2, -0.15) is 0 Å². The molecule has 4 aliphatic heterocycles. The van der Waals surface area contributed by atoms with Crippen molar-refractivity contribution in [2.75, 3.05) is 19.8 Å². The molecule has 0 bridgehead atoms. The van der Waals surface area contributed by atoms with Crippen LogP contribution in [-0.4, -0.2) is 162 Å². The number of phenolic OH excluding ortho intramolecular Hbond substituents is 1. The van der Waals surface area contributed by atoms with E-state index in [-0.39, 0.29) is 5.75 Å². The molecule has 1 aliphatic carbocycles. The number of benzene rings is 1. The molecule has 4 fully saturated rings. The lowest BCUT2D eigenvalue weighted by Gasteiger charge is -2.43. The lowest BCUT2D eigenvalue weighted by Crippen LogP contribution is -2.60. The predicted molar refractivity (Wildman–Crippen MR) is 152 cm³/mol. The number of aliphatic hydroxyl groups excluding tert-OH is 9. The second kappa shape index (κ2) is 13.8. The van der Waals surface area contributed by atoms with Crippen LogP contribution in [0.1, 0.15) is 5.56 Å². The van der Waals surface area contributed by atoms with Gasteiger partial charge in [-0.15, -0.1) is 0 Å². The van der Waals surface area contributed by atoms with Crippen LogP contribution in [0.4, 0.5) is 0 Å². The fraction of sp³-hybridized carbons (Fsp3) is 0.633. The van der Waals surface area contributed by atoms with Crippen LogP contribution in [0.3, 0.4) is 0 Å². The standard InChI is InChI=1S/C30H38O18/c31-8-15-19(36)21(38)23(40)28(44-15)43-14-3-1-11(7-13(14)34)2-4-17(35)46-25-12-5-6-42-27(18(12)30(10-33)26(25)48-30)47-29-24(41)22(39)20(37)16(9-32)45-29/h1-7,12,15-16,18-29,31-34,36-41H,8-10H2/b4-2+/t12-,15+,16+,18+,19+,20+,21-,22-,23+,24+,25-,26-,27-,28+,29-,30+/m0/s1. The van der Waals surface area contributed by atoms with Gasteiger partial charge in [-0.25, -0.2) is 4.79 Å². The van der Waals surface area contributed by atoms with Gasteiger partial charge in [0.15, 0.2) is 17.8 Å². The summed E-state index contributed by atoms with van der Waals surface area (Å²) in [6, 6.07) is 3.99. The number of fused-ring (bicyclic) bond motifs is 3. The number of carbonyl (C=O) groups excluding carboxylic acids is 1. The summed E-state index contributed by atoms with van der Waals surface area (Å²) < 4.78 is 39.1. The molecule has 0 amide bonds. The van der Waals surface area contributed by atoms with E-state index in [0.717, 1.165) is 6.08 Å². The number of carbonyl (C=O) groups is 1. The second-order valence-corrected chi connectivity index (χ2v) is 12.2. The molecule has 10 N–H and O–H groups in total. The summed E-state index contributed by atoms with van der Waals surface area (Å²) in [5.74, 6) is -2.72. The van der Waals surface area contributed by atoms with Gasteiger partial charge < -0.3 is 84.2 Å². The van der Waals surface area contributed by atoms with Gasteiger partial charge in [0.2, 0.25) is 12.6 Å². The molecule has 0 unspecified atom stereocenters. The molecule has 18 nitrogen and oxygen atoms in total. The highest BCUT2D eigenvalue weighted by molar-refractivity contribution is 5.87. The normalized spacial score (nSPS) is 44.9. The van der Waals surface area contributed by atoms with E-state index < -0.39 is 129 Å². The van der Waals surface area contributed by atoms with Gasteiger partial charge in [0.1, 0.15) is 66.6 Å². The summed E-state index contributed by atoms with van der Waals surface area (Å²) in [6.45, 7) is -1.82. The lowest BCUT2D eigenvalue weighted by atomic mass is 9.85. The van der Waals surface area contributed by atoms with Crippen molar-refractivity contribution in [3.63, 3.8) is 0 Å². The van der Waals surface area contributed by atoms with Crippen molar-refractivity contribution >= 4 is 12.0 Å². The number of hydrogen-bond acceptors (Lipinski definition) is 18. The maximum Gasteiger partial charge on any atom is 0.331 e. The molecule has 5 aliphatic rings. The maximum absolute atomic E-state index is 12.9. The van der Waals surface area contributed by atoms with Crippen molar-refractivity contribution in [1.29, 1.82) is 0 Å². The van der Waals surface area contributed by atoms with E-state index in [4.69, 9.17) is 33.2 Å². The Morgan fingerprint density at radius 2 is 1.50 bits per heavy atom. The summed E-state index contributed by atoms with van der Waals surface area (Å²) in [7, 11) is 0. The highest BCUT2D eigenvalue weighted by Crippen LogP contribution is 2.60. The van der Waals surface area contributed by atoms with Gasteiger partial charge in [0.05, 0.1) is 32.0 Å². The van der Waals surface area contributed by atoms with Crippen LogP contribution >= 0.6 is 0 Å². The first-order valence-corrected chi connectivity index (χ1v) is 15.2. The first-order chi connectivity index (χ1) is 22.9. The topological polar surface area (TPSA) is 287 Å². The average Bonchev–Trinajstić information content (AvgIpc) is 3.76. The van der Waals surface area contributed by atoms with E-state index in [1.165, 1.54) is 30.5 Å². The van der Waals surface area contributed by atoms with E-state index in [9.17, 15) is 55.9 Å². The summed E-state index contributed by atoms with van der Waals surface area (Å²) in [5, 5.41) is 100. The molecule has 0 spiro atoms. The van der Waals surface area contributed by atoms with Crippen LogP contribution in [0.25, 0.3) is 6.08 Å². The van der Waals surface area contributed by atoms with Crippen LogP contribution in [0.5, 0.6) is 11.5 Å². The Kier molecular flexibility index (Phi) is 10.00. The Hall–Kier alpha value is -2.95. The molecule has 1 saturated carbocycles. The van der Waals surface area contributed by atoms with Gasteiger partial charge in [-0.3, -0.25) is 0 Å². The summed E-state index contributed by atoms with van der Waals surface area (Å²) >= 11 is 0. The Labute approximate surface area is 272 Å². The molecule has 3 saturated heterocycles. The number of hydrogen-bond donors (Lipinski definition) is 10. The monoisotopic (exact) mass is 686 g/mol. The van der Waals surface area contributed by atoms with Crippen molar-refractivity contribution in [3.8, 4) is 11.5 Å². The Morgan fingerprint density at radius 1 is 0.854 bits per heavy atom. The minimum Gasteiger partial charge on any atom is -0.504 e. The first-order valence-electron chi connectivity index (χ1n) is 15.2. The molecular weight excluding hydrogens is 648 g/mol. The molecule has 16 atom stereocenters. The van der Waals surface area contributed by atoms with Crippen LogP contribution < -0.4 is 4.74 Å². The quantitative estimate of drug-likeness (QED) is 0.0631. The maximum atomic E-state index is 12.9. The Morgan fingerprint density at radius 3 is 2.12 bits per heavy atom. The largest absolute Gasteiger partial charge is 0.504 e. The molecular formula is C30H38O18. The second-order valence-electron chi connectivity index (χ2n) is 12.2. The minimum absolute atomic E-state index is 0.158. The zero-order valence-electron chi connectivity index (χ0n) is 25.1. The number of aliphatic hydroxyl groups is 9. The van der Waals surface area contributed by atoms with Crippen molar-refractivity contribution in [2.24, 2.45) is 11.8 Å². The molecule has 266 valence electrons. The Balaban J connectivity index is 1.09. The van der Waals surface area contributed by atoms with Gasteiger partial charge in [0, 0.05) is 12.0 Å². The van der Waals surface area contributed by atoms with Gasteiger partial charge in [-0.05, 0) is 29.8 Å². The van der Waals surface area contributed by atoms with Gasteiger partial charge in [0.25, 0.3) is 0 Å². The number of rotatable bonds is 10. The Bertz CT molecular complexity index is 1370. The van der Waals surface area contributed by atoms with Crippen LogP contribution in [0.15, 0.2) is 36.6 Å². The van der Waals surface area contributed by atoms with Crippen molar-refractivity contribution in [1.82, 2.24) is 0 Å². The molecule has 0 aromatic heterocycles. The molecule has 4 heterocycles. The molecule has 1 aromatic carbocycles.